The zero-order valence-electron chi connectivity index (χ0n) is 14.8. The first kappa shape index (κ1) is 17.5. The van der Waals surface area contributed by atoms with Crippen molar-refractivity contribution in [1.82, 2.24) is 0 Å². The Morgan fingerprint density at radius 2 is 0.821 bits per heavy atom. The monoisotopic (exact) mass is 368 g/mol. The number of hydrogen-bond acceptors (Lipinski definition) is 2. The van der Waals surface area contributed by atoms with Crippen molar-refractivity contribution < 1.29 is 19.8 Å². The Hall–Kier alpha value is -3.92. The molecule has 136 valence electrons. The largest absolute Gasteiger partial charge is 0.478 e. The average Bonchev–Trinajstić information content (AvgIpc) is 2.73. The lowest BCUT2D eigenvalue weighted by Gasteiger charge is -2.19. The van der Waals surface area contributed by atoms with E-state index in [2.05, 4.69) is 0 Å². The molecule has 0 aliphatic rings. The van der Waals surface area contributed by atoms with E-state index in [0.29, 0.717) is 33.0 Å². The van der Waals surface area contributed by atoms with Crippen molar-refractivity contribution in [2.75, 3.05) is 0 Å². The molecular formula is C24H16O4. The van der Waals surface area contributed by atoms with E-state index in [1.807, 2.05) is 36.4 Å². The van der Waals surface area contributed by atoms with Gasteiger partial charge in [0.05, 0.1) is 11.1 Å². The third kappa shape index (κ3) is 2.81. The quantitative estimate of drug-likeness (QED) is 0.494. The van der Waals surface area contributed by atoms with Crippen LogP contribution in [-0.2, 0) is 0 Å². The molecule has 4 rings (SSSR count). The molecular weight excluding hydrogens is 352 g/mol. The zero-order valence-corrected chi connectivity index (χ0v) is 14.8. The van der Waals surface area contributed by atoms with Gasteiger partial charge in [-0.1, -0.05) is 84.9 Å². The second kappa shape index (κ2) is 7.00. The molecule has 0 atom stereocenters. The Morgan fingerprint density at radius 1 is 0.500 bits per heavy atom. The predicted molar refractivity (Wildman–Crippen MR) is 109 cm³/mol. The minimum Gasteiger partial charge on any atom is -0.478 e. The second-order valence-electron chi connectivity index (χ2n) is 6.39. The summed E-state index contributed by atoms with van der Waals surface area (Å²) < 4.78 is 0. The van der Waals surface area contributed by atoms with Gasteiger partial charge in [0.2, 0.25) is 0 Å². The fourth-order valence-electron chi connectivity index (χ4n) is 3.68. The summed E-state index contributed by atoms with van der Waals surface area (Å²) in [7, 11) is 0. The van der Waals surface area contributed by atoms with Gasteiger partial charge in [-0.3, -0.25) is 0 Å². The Labute approximate surface area is 161 Å². The van der Waals surface area contributed by atoms with Crippen molar-refractivity contribution in [3.05, 3.63) is 96.1 Å². The first-order valence-electron chi connectivity index (χ1n) is 8.75. The van der Waals surface area contributed by atoms with Crippen LogP contribution in [-0.4, -0.2) is 22.2 Å². The van der Waals surface area contributed by atoms with Crippen molar-refractivity contribution in [2.45, 2.75) is 0 Å². The molecule has 0 amide bonds. The number of aromatic carboxylic acids is 2. The van der Waals surface area contributed by atoms with Gasteiger partial charge in [0.1, 0.15) is 0 Å². The highest BCUT2D eigenvalue weighted by Gasteiger charge is 2.28. The Morgan fingerprint density at radius 3 is 1.14 bits per heavy atom. The van der Waals surface area contributed by atoms with Gasteiger partial charge < -0.3 is 10.2 Å². The van der Waals surface area contributed by atoms with Crippen molar-refractivity contribution in [3.8, 4) is 22.3 Å². The highest BCUT2D eigenvalue weighted by atomic mass is 16.4. The highest BCUT2D eigenvalue weighted by molar-refractivity contribution is 6.21. The summed E-state index contributed by atoms with van der Waals surface area (Å²) in [5.74, 6) is -2.53. The van der Waals surface area contributed by atoms with E-state index >= 15 is 0 Å². The lowest BCUT2D eigenvalue weighted by molar-refractivity contribution is 0.0653. The predicted octanol–water partition coefficient (Wildman–Crippen LogP) is 5.57. The van der Waals surface area contributed by atoms with Crippen molar-refractivity contribution in [1.29, 1.82) is 0 Å². The van der Waals surface area contributed by atoms with Gasteiger partial charge in [-0.05, 0) is 21.9 Å². The summed E-state index contributed by atoms with van der Waals surface area (Å²) in [4.78, 5) is 24.6. The summed E-state index contributed by atoms with van der Waals surface area (Å²) in [5.41, 5.74) is 1.77. The molecule has 0 bridgehead atoms. The van der Waals surface area contributed by atoms with E-state index in [1.54, 1.807) is 48.5 Å². The number of hydrogen-bond donors (Lipinski definition) is 2. The van der Waals surface area contributed by atoms with E-state index in [9.17, 15) is 19.8 Å². The van der Waals surface area contributed by atoms with Crippen LogP contribution >= 0.6 is 0 Å². The molecule has 4 aromatic carbocycles. The smallest absolute Gasteiger partial charge is 0.337 e. The van der Waals surface area contributed by atoms with Gasteiger partial charge in [0, 0.05) is 11.1 Å². The van der Waals surface area contributed by atoms with E-state index in [-0.39, 0.29) is 11.1 Å². The minimum absolute atomic E-state index is 0.198. The highest BCUT2D eigenvalue weighted by Crippen LogP contribution is 2.42. The SMILES string of the molecule is O=C(O)c1c(C(=O)O)c(-c2ccccc2)c2ccccc2c1-c1ccccc1. The molecule has 0 radical (unpaired) electrons. The van der Waals surface area contributed by atoms with Crippen LogP contribution in [0.25, 0.3) is 33.0 Å². The normalized spacial score (nSPS) is 10.7. The number of benzene rings is 4. The summed E-state index contributed by atoms with van der Waals surface area (Å²) in [5, 5.41) is 21.5. The van der Waals surface area contributed by atoms with Gasteiger partial charge in [-0.2, -0.15) is 0 Å². The number of carboxylic acids is 2. The second-order valence-corrected chi connectivity index (χ2v) is 6.39. The van der Waals surface area contributed by atoms with Gasteiger partial charge >= 0.3 is 11.9 Å². The first-order chi connectivity index (χ1) is 13.6. The molecule has 4 nitrogen and oxygen atoms in total. The number of carbonyl (C=O) groups is 2. The lowest BCUT2D eigenvalue weighted by atomic mass is 9.83. The average molecular weight is 368 g/mol. The molecule has 0 aliphatic heterocycles. The molecule has 4 aromatic rings. The maximum Gasteiger partial charge on any atom is 0.337 e. The zero-order chi connectivity index (χ0) is 19.7. The molecule has 0 heterocycles. The molecule has 0 aliphatic carbocycles. The molecule has 0 fully saturated rings. The van der Waals surface area contributed by atoms with Crippen LogP contribution in [0.4, 0.5) is 0 Å². The summed E-state index contributed by atoms with van der Waals surface area (Å²) in [6.45, 7) is 0. The molecule has 4 heteroatoms. The lowest BCUT2D eigenvalue weighted by Crippen LogP contribution is -2.13. The van der Waals surface area contributed by atoms with E-state index in [1.165, 1.54) is 0 Å². The molecule has 2 N–H and O–H groups in total. The van der Waals surface area contributed by atoms with Crippen LogP contribution < -0.4 is 0 Å². The van der Waals surface area contributed by atoms with Crippen molar-refractivity contribution >= 4 is 22.7 Å². The molecule has 0 aromatic heterocycles. The number of fused-ring (bicyclic) bond motifs is 1. The molecule has 0 saturated carbocycles. The Bertz CT molecular complexity index is 1100. The standard InChI is InChI=1S/C24H16O4/c25-23(26)21-19(15-9-3-1-4-10-15)17-13-7-8-14-18(17)20(22(21)24(27)28)16-11-5-2-6-12-16/h1-14H,(H,25,26)(H,27,28). The molecule has 28 heavy (non-hydrogen) atoms. The van der Waals surface area contributed by atoms with Gasteiger partial charge in [0.15, 0.2) is 0 Å². The van der Waals surface area contributed by atoms with Crippen LogP contribution in [0.15, 0.2) is 84.9 Å². The maximum atomic E-state index is 12.3. The molecule has 0 unspecified atom stereocenters. The third-order valence-electron chi connectivity index (χ3n) is 4.77. The first-order valence-corrected chi connectivity index (χ1v) is 8.75. The molecule has 0 spiro atoms. The topological polar surface area (TPSA) is 74.6 Å². The summed E-state index contributed by atoms with van der Waals surface area (Å²) in [6, 6.07) is 25.4. The maximum absolute atomic E-state index is 12.3. The van der Waals surface area contributed by atoms with Crippen LogP contribution in [0.3, 0.4) is 0 Å². The van der Waals surface area contributed by atoms with Gasteiger partial charge in [-0.25, -0.2) is 9.59 Å². The Kier molecular flexibility index (Phi) is 4.38. The van der Waals surface area contributed by atoms with Crippen molar-refractivity contribution in [3.63, 3.8) is 0 Å². The third-order valence-corrected chi connectivity index (χ3v) is 4.77. The summed E-state index contributed by atoms with van der Waals surface area (Å²) >= 11 is 0. The number of rotatable bonds is 4. The number of carboxylic acid groups (broad SMARTS) is 2. The summed E-state index contributed by atoms with van der Waals surface area (Å²) in [6.07, 6.45) is 0. The van der Waals surface area contributed by atoms with Gasteiger partial charge in [0.25, 0.3) is 0 Å². The fourth-order valence-corrected chi connectivity index (χ4v) is 3.68. The van der Waals surface area contributed by atoms with Crippen LogP contribution in [0.2, 0.25) is 0 Å². The van der Waals surface area contributed by atoms with Crippen LogP contribution in [0.1, 0.15) is 20.7 Å². The minimum atomic E-state index is -1.26. The fraction of sp³-hybridized carbons (Fsp3) is 0. The molecule has 0 saturated heterocycles. The van der Waals surface area contributed by atoms with Crippen molar-refractivity contribution in [2.24, 2.45) is 0 Å². The van der Waals surface area contributed by atoms with Gasteiger partial charge in [-0.15, -0.1) is 0 Å². The van der Waals surface area contributed by atoms with E-state index in [0.717, 1.165) is 0 Å². The van der Waals surface area contributed by atoms with Crippen LogP contribution in [0, 0.1) is 0 Å². The van der Waals surface area contributed by atoms with E-state index < -0.39 is 11.9 Å². The van der Waals surface area contributed by atoms with Crippen LogP contribution in [0.5, 0.6) is 0 Å². The Balaban J connectivity index is 2.28. The van der Waals surface area contributed by atoms with E-state index in [4.69, 9.17) is 0 Å².